The minimum Gasteiger partial charge on any atom is -0.372 e. The van der Waals surface area contributed by atoms with E-state index in [0.717, 1.165) is 35.0 Å². The Hall–Kier alpha value is -2.19. The number of morpholine rings is 1. The number of aryl methyl sites for hydroxylation is 1. The summed E-state index contributed by atoms with van der Waals surface area (Å²) >= 11 is 1.35. The van der Waals surface area contributed by atoms with Crippen molar-refractivity contribution in [2.45, 2.75) is 51.1 Å². The summed E-state index contributed by atoms with van der Waals surface area (Å²) in [4.78, 5) is 19.2. The normalized spacial score (nSPS) is 20.2. The van der Waals surface area contributed by atoms with Gasteiger partial charge in [0.25, 0.3) is 0 Å². The molecule has 2 atom stereocenters. The predicted molar refractivity (Wildman–Crippen MR) is 110 cm³/mol. The maximum atomic E-state index is 12.6. The first-order valence-corrected chi connectivity index (χ1v) is 10.7. The third-order valence-electron chi connectivity index (χ3n) is 4.90. The van der Waals surface area contributed by atoms with Crippen molar-refractivity contribution in [1.82, 2.24) is 24.6 Å². The van der Waals surface area contributed by atoms with Crippen LogP contribution in [-0.4, -0.2) is 61.6 Å². The van der Waals surface area contributed by atoms with E-state index in [2.05, 4.69) is 33.8 Å². The van der Waals surface area contributed by atoms with Crippen LogP contribution in [0, 0.1) is 0 Å². The molecular formula is C20H25N5O2S. The number of hydrogen-bond donors (Lipinski definition) is 0. The van der Waals surface area contributed by atoms with Crippen LogP contribution in [-0.2, 0) is 16.1 Å². The molecule has 2 aromatic heterocycles. The van der Waals surface area contributed by atoms with Crippen molar-refractivity contribution in [2.75, 3.05) is 18.8 Å². The molecule has 1 saturated heterocycles. The van der Waals surface area contributed by atoms with E-state index in [1.165, 1.54) is 11.8 Å². The molecule has 3 heterocycles. The van der Waals surface area contributed by atoms with Gasteiger partial charge in [-0.2, -0.15) is 0 Å². The summed E-state index contributed by atoms with van der Waals surface area (Å²) in [6, 6.07) is 8.17. The average molecular weight is 400 g/mol. The molecule has 0 aliphatic carbocycles. The highest BCUT2D eigenvalue weighted by atomic mass is 32.2. The van der Waals surface area contributed by atoms with E-state index in [1.54, 1.807) is 0 Å². The van der Waals surface area contributed by atoms with Crippen LogP contribution in [0.3, 0.4) is 0 Å². The zero-order valence-electron chi connectivity index (χ0n) is 16.5. The predicted octanol–water partition coefficient (Wildman–Crippen LogP) is 3.12. The molecule has 1 aromatic carbocycles. The highest BCUT2D eigenvalue weighted by Gasteiger charge is 2.26. The lowest BCUT2D eigenvalue weighted by molar-refractivity contribution is -0.140. The standard InChI is InChI=1S/C20H25N5O2S/c1-4-9-25-16-8-6-5-7-15(16)18-19(25)21-20(23-22-18)28-12-17(26)24-10-13(2)27-14(3)11-24/h5-8,13-14H,4,9-12H2,1-3H3. The summed E-state index contributed by atoms with van der Waals surface area (Å²) in [5.74, 6) is 0.394. The molecule has 8 heteroatoms. The molecule has 1 aliphatic heterocycles. The number of para-hydroxylation sites is 1. The van der Waals surface area contributed by atoms with Gasteiger partial charge in [-0.1, -0.05) is 36.9 Å². The fourth-order valence-electron chi connectivity index (χ4n) is 3.80. The molecule has 28 heavy (non-hydrogen) atoms. The first-order chi connectivity index (χ1) is 13.6. The number of rotatable bonds is 5. The Balaban J connectivity index is 1.55. The van der Waals surface area contributed by atoms with E-state index in [-0.39, 0.29) is 18.1 Å². The number of fused-ring (bicyclic) bond motifs is 3. The molecule has 0 saturated carbocycles. The molecule has 4 rings (SSSR count). The third kappa shape index (κ3) is 3.71. The Morgan fingerprint density at radius 3 is 2.71 bits per heavy atom. The van der Waals surface area contributed by atoms with Gasteiger partial charge >= 0.3 is 0 Å². The second-order valence-electron chi connectivity index (χ2n) is 7.28. The topological polar surface area (TPSA) is 73.1 Å². The van der Waals surface area contributed by atoms with Crippen molar-refractivity contribution in [3.05, 3.63) is 24.3 Å². The first-order valence-electron chi connectivity index (χ1n) is 9.74. The van der Waals surface area contributed by atoms with Crippen LogP contribution >= 0.6 is 11.8 Å². The van der Waals surface area contributed by atoms with Gasteiger partial charge in [0, 0.05) is 25.0 Å². The second kappa shape index (κ2) is 8.05. The van der Waals surface area contributed by atoms with Crippen LogP contribution in [0.25, 0.3) is 22.1 Å². The number of nitrogens with zero attached hydrogens (tertiary/aromatic N) is 5. The number of aromatic nitrogens is 4. The van der Waals surface area contributed by atoms with Gasteiger partial charge in [0.15, 0.2) is 5.65 Å². The lowest BCUT2D eigenvalue weighted by atomic mass is 10.2. The van der Waals surface area contributed by atoms with Crippen LogP contribution in [0.5, 0.6) is 0 Å². The first kappa shape index (κ1) is 19.1. The van der Waals surface area contributed by atoms with Crippen molar-refractivity contribution < 1.29 is 9.53 Å². The third-order valence-corrected chi connectivity index (χ3v) is 5.72. The van der Waals surface area contributed by atoms with Gasteiger partial charge in [0.2, 0.25) is 11.1 Å². The fraction of sp³-hybridized carbons (Fsp3) is 0.500. The van der Waals surface area contributed by atoms with E-state index in [4.69, 9.17) is 9.72 Å². The van der Waals surface area contributed by atoms with Crippen molar-refractivity contribution in [1.29, 1.82) is 0 Å². The number of hydrogen-bond acceptors (Lipinski definition) is 6. The summed E-state index contributed by atoms with van der Waals surface area (Å²) in [5, 5.41) is 10.3. The van der Waals surface area contributed by atoms with Crippen molar-refractivity contribution in [3.63, 3.8) is 0 Å². The number of amides is 1. The molecule has 3 aromatic rings. The maximum Gasteiger partial charge on any atom is 0.233 e. The van der Waals surface area contributed by atoms with E-state index in [9.17, 15) is 4.79 Å². The molecular weight excluding hydrogens is 374 g/mol. The number of thioether (sulfide) groups is 1. The van der Waals surface area contributed by atoms with E-state index < -0.39 is 0 Å². The minimum absolute atomic E-state index is 0.0664. The van der Waals surface area contributed by atoms with Crippen LogP contribution in [0.4, 0.5) is 0 Å². The number of benzene rings is 1. The Morgan fingerprint density at radius 1 is 1.21 bits per heavy atom. The molecule has 0 spiro atoms. The SMILES string of the molecule is CCCn1c2ccccc2c2nnc(SCC(=O)N3CC(C)OC(C)C3)nc21. The summed E-state index contributed by atoms with van der Waals surface area (Å²) in [6.45, 7) is 8.27. The summed E-state index contributed by atoms with van der Waals surface area (Å²) in [7, 11) is 0. The lowest BCUT2D eigenvalue weighted by Crippen LogP contribution is -2.48. The van der Waals surface area contributed by atoms with Crippen LogP contribution in [0.2, 0.25) is 0 Å². The Morgan fingerprint density at radius 2 is 1.96 bits per heavy atom. The van der Waals surface area contributed by atoms with Crippen molar-refractivity contribution in [2.24, 2.45) is 0 Å². The number of carbonyl (C=O) groups excluding carboxylic acids is 1. The Labute approximate surface area is 168 Å². The quantitative estimate of drug-likeness (QED) is 0.614. The molecule has 0 N–H and O–H groups in total. The minimum atomic E-state index is 0.0664. The summed E-state index contributed by atoms with van der Waals surface area (Å²) in [5.41, 5.74) is 2.77. The largest absolute Gasteiger partial charge is 0.372 e. The Kier molecular flexibility index (Phi) is 5.50. The molecule has 1 aliphatic rings. The van der Waals surface area contributed by atoms with Crippen LogP contribution in [0.15, 0.2) is 29.4 Å². The van der Waals surface area contributed by atoms with Gasteiger partial charge in [-0.25, -0.2) is 4.98 Å². The zero-order valence-corrected chi connectivity index (χ0v) is 17.3. The highest BCUT2D eigenvalue weighted by molar-refractivity contribution is 7.99. The van der Waals surface area contributed by atoms with Gasteiger partial charge in [-0.05, 0) is 26.3 Å². The molecule has 148 valence electrons. The van der Waals surface area contributed by atoms with Gasteiger partial charge in [0.05, 0.1) is 23.5 Å². The average Bonchev–Trinajstić information content (AvgIpc) is 2.99. The van der Waals surface area contributed by atoms with E-state index in [1.807, 2.05) is 30.9 Å². The molecule has 2 unspecified atom stereocenters. The van der Waals surface area contributed by atoms with Gasteiger partial charge < -0.3 is 14.2 Å². The summed E-state index contributed by atoms with van der Waals surface area (Å²) < 4.78 is 7.90. The highest BCUT2D eigenvalue weighted by Crippen LogP contribution is 2.27. The molecule has 7 nitrogen and oxygen atoms in total. The van der Waals surface area contributed by atoms with Crippen molar-refractivity contribution >= 4 is 39.7 Å². The van der Waals surface area contributed by atoms with Gasteiger partial charge in [-0.15, -0.1) is 10.2 Å². The van der Waals surface area contributed by atoms with E-state index in [0.29, 0.717) is 24.0 Å². The van der Waals surface area contributed by atoms with Gasteiger partial charge in [0.1, 0.15) is 5.52 Å². The molecule has 0 radical (unpaired) electrons. The Bertz CT molecular complexity index is 995. The van der Waals surface area contributed by atoms with Crippen LogP contribution in [0.1, 0.15) is 27.2 Å². The second-order valence-corrected chi connectivity index (χ2v) is 8.22. The number of ether oxygens (including phenoxy) is 1. The smallest absolute Gasteiger partial charge is 0.233 e. The maximum absolute atomic E-state index is 12.6. The molecule has 0 bridgehead atoms. The summed E-state index contributed by atoms with van der Waals surface area (Å²) in [6.07, 6.45) is 1.14. The molecule has 1 fully saturated rings. The monoisotopic (exact) mass is 399 g/mol. The fourth-order valence-corrected chi connectivity index (χ4v) is 4.48. The lowest BCUT2D eigenvalue weighted by Gasteiger charge is -2.35. The van der Waals surface area contributed by atoms with Crippen molar-refractivity contribution in [3.8, 4) is 0 Å². The molecule has 1 amide bonds. The number of carbonyl (C=O) groups is 1. The zero-order chi connectivity index (χ0) is 19.7. The van der Waals surface area contributed by atoms with Crippen LogP contribution < -0.4 is 0 Å². The van der Waals surface area contributed by atoms with E-state index >= 15 is 0 Å². The van der Waals surface area contributed by atoms with Gasteiger partial charge in [-0.3, -0.25) is 4.79 Å².